The Hall–Kier alpha value is -1.64. The summed E-state index contributed by atoms with van der Waals surface area (Å²) in [6.07, 6.45) is 1.47. The van der Waals surface area contributed by atoms with E-state index in [-0.39, 0.29) is 5.82 Å². The quantitative estimate of drug-likeness (QED) is 0.534. The minimum atomic E-state index is -0.326. The zero-order valence-corrected chi connectivity index (χ0v) is 13.5. The fraction of sp³-hybridized carbons (Fsp3) is 0. The number of thiophene rings is 1. The minimum absolute atomic E-state index is 0.326. The summed E-state index contributed by atoms with van der Waals surface area (Å²) >= 11 is 6.35. The number of aromatic nitrogens is 3. The van der Waals surface area contributed by atoms with Gasteiger partial charge in [-0.15, -0.1) is 22.7 Å². The maximum atomic E-state index is 14.2. The van der Waals surface area contributed by atoms with Gasteiger partial charge in [0.1, 0.15) is 22.8 Å². The van der Waals surface area contributed by atoms with Crippen LogP contribution in [-0.2, 0) is 0 Å². The third-order valence-electron chi connectivity index (χ3n) is 2.97. The zero-order valence-electron chi connectivity index (χ0n) is 10.3. The van der Waals surface area contributed by atoms with E-state index >= 15 is 0 Å². The molecule has 3 aromatic heterocycles. The van der Waals surface area contributed by atoms with Crippen molar-refractivity contribution in [3.63, 3.8) is 0 Å². The van der Waals surface area contributed by atoms with Crippen molar-refractivity contribution in [1.29, 1.82) is 0 Å². The van der Waals surface area contributed by atoms with Crippen LogP contribution in [0.3, 0.4) is 0 Å². The van der Waals surface area contributed by atoms with Crippen molar-refractivity contribution in [3.8, 4) is 0 Å². The van der Waals surface area contributed by atoms with Crippen LogP contribution < -0.4 is 5.32 Å². The van der Waals surface area contributed by atoms with Gasteiger partial charge in [0.2, 0.25) is 0 Å². The molecule has 0 spiro atoms. The van der Waals surface area contributed by atoms with Gasteiger partial charge in [0.15, 0.2) is 0 Å². The lowest BCUT2D eigenvalue weighted by Gasteiger charge is -2.07. The van der Waals surface area contributed by atoms with Crippen molar-refractivity contribution in [2.45, 2.75) is 0 Å². The number of hydrogen-bond acceptors (Lipinski definition) is 6. The molecule has 21 heavy (non-hydrogen) atoms. The molecule has 0 radical (unpaired) electrons. The molecule has 8 heteroatoms. The maximum absolute atomic E-state index is 14.2. The Bertz CT molecular complexity index is 965. The molecule has 4 nitrogen and oxygen atoms in total. The molecule has 0 amide bonds. The molecule has 4 aromatic rings. The van der Waals surface area contributed by atoms with E-state index in [1.165, 1.54) is 35.1 Å². The molecule has 1 aromatic carbocycles. The molecule has 0 aliphatic rings. The van der Waals surface area contributed by atoms with Gasteiger partial charge in [-0.3, -0.25) is 0 Å². The average molecular weight is 381 g/mol. The van der Waals surface area contributed by atoms with Crippen LogP contribution in [0.15, 0.2) is 33.8 Å². The topological polar surface area (TPSA) is 50.7 Å². The molecule has 0 aliphatic carbocycles. The van der Waals surface area contributed by atoms with Crippen LogP contribution in [0.5, 0.6) is 0 Å². The summed E-state index contributed by atoms with van der Waals surface area (Å²) in [6.45, 7) is 0. The Morgan fingerprint density at radius 2 is 2.05 bits per heavy atom. The highest BCUT2D eigenvalue weighted by Crippen LogP contribution is 2.34. The highest BCUT2D eigenvalue weighted by Gasteiger charge is 2.11. The van der Waals surface area contributed by atoms with Gasteiger partial charge in [0, 0.05) is 0 Å². The van der Waals surface area contributed by atoms with Gasteiger partial charge in [-0.2, -0.15) is 0 Å². The van der Waals surface area contributed by atoms with Gasteiger partial charge in [0.05, 0.1) is 30.6 Å². The predicted molar refractivity (Wildman–Crippen MR) is 88.0 cm³/mol. The van der Waals surface area contributed by atoms with Crippen LogP contribution in [0.4, 0.5) is 15.9 Å². The first-order valence-corrected chi connectivity index (χ1v) is 8.39. The highest BCUT2D eigenvalue weighted by atomic mass is 79.9. The smallest absolute Gasteiger partial charge is 0.148 e. The molecule has 0 bridgehead atoms. The summed E-state index contributed by atoms with van der Waals surface area (Å²) in [5.41, 5.74) is 2.82. The second-order valence-electron chi connectivity index (χ2n) is 4.27. The summed E-state index contributed by atoms with van der Waals surface area (Å²) in [5, 5.41) is 3.89. The van der Waals surface area contributed by atoms with E-state index in [0.29, 0.717) is 11.5 Å². The number of benzene rings is 1. The van der Waals surface area contributed by atoms with E-state index in [2.05, 4.69) is 36.2 Å². The Morgan fingerprint density at radius 3 is 2.95 bits per heavy atom. The molecule has 104 valence electrons. The van der Waals surface area contributed by atoms with E-state index in [4.69, 9.17) is 0 Å². The van der Waals surface area contributed by atoms with Crippen LogP contribution in [0.25, 0.3) is 20.4 Å². The normalized spacial score (nSPS) is 11.3. The molecule has 3 heterocycles. The van der Waals surface area contributed by atoms with Gasteiger partial charge < -0.3 is 5.32 Å². The van der Waals surface area contributed by atoms with Gasteiger partial charge in [0.25, 0.3) is 0 Å². The van der Waals surface area contributed by atoms with Crippen molar-refractivity contribution < 1.29 is 4.39 Å². The first-order valence-electron chi connectivity index (χ1n) is 5.90. The number of anilines is 2. The highest BCUT2D eigenvalue weighted by molar-refractivity contribution is 9.11. The zero-order chi connectivity index (χ0) is 14.4. The van der Waals surface area contributed by atoms with E-state index < -0.39 is 0 Å². The van der Waals surface area contributed by atoms with Crippen molar-refractivity contribution in [2.75, 3.05) is 5.32 Å². The molecular formula is C13H6BrFN4S2. The lowest BCUT2D eigenvalue weighted by Crippen LogP contribution is -1.97. The molecule has 0 aliphatic heterocycles. The summed E-state index contributed by atoms with van der Waals surface area (Å²) in [5.74, 6) is 0.253. The summed E-state index contributed by atoms with van der Waals surface area (Å²) in [7, 11) is 0. The van der Waals surface area contributed by atoms with E-state index in [9.17, 15) is 4.39 Å². The third-order valence-corrected chi connectivity index (χ3v) is 5.31. The first kappa shape index (κ1) is 13.1. The number of hydrogen-bond donors (Lipinski definition) is 1. The number of thiazole rings is 1. The lowest BCUT2D eigenvalue weighted by molar-refractivity contribution is 0.634. The number of rotatable bonds is 2. The molecule has 1 N–H and O–H groups in total. The molecule has 0 saturated heterocycles. The number of nitrogens with zero attached hydrogens (tertiary/aromatic N) is 3. The van der Waals surface area contributed by atoms with Gasteiger partial charge in [-0.05, 0) is 34.1 Å². The van der Waals surface area contributed by atoms with Crippen molar-refractivity contribution in [3.05, 3.63) is 39.6 Å². The SMILES string of the molecule is Fc1cc2scnc2cc1Nc1ncnc2sc(Br)cc12. The van der Waals surface area contributed by atoms with Gasteiger partial charge in [-0.25, -0.2) is 19.3 Å². The predicted octanol–water partition coefficient (Wildman–Crippen LogP) is 4.95. The fourth-order valence-corrected chi connectivity index (χ4v) is 4.13. The summed E-state index contributed by atoms with van der Waals surface area (Å²) in [6, 6.07) is 5.09. The second kappa shape index (κ2) is 4.97. The Labute approximate surface area is 134 Å². The minimum Gasteiger partial charge on any atom is -0.337 e. The van der Waals surface area contributed by atoms with Gasteiger partial charge >= 0.3 is 0 Å². The van der Waals surface area contributed by atoms with Crippen LogP contribution in [0.2, 0.25) is 0 Å². The molecule has 4 rings (SSSR count). The fourth-order valence-electron chi connectivity index (χ4n) is 2.03. The number of fused-ring (bicyclic) bond motifs is 2. The standard InChI is InChI=1S/C13H6BrFN4S2/c14-11-1-6-12(16-4-17-13(6)21-11)19-8-3-9-10(2-7(8)15)20-5-18-9/h1-5H,(H,16,17,19). The Kier molecular flexibility index (Phi) is 3.09. The molecular weight excluding hydrogens is 375 g/mol. The van der Waals surface area contributed by atoms with E-state index in [1.54, 1.807) is 11.6 Å². The molecule has 0 fully saturated rings. The van der Waals surface area contributed by atoms with Crippen LogP contribution >= 0.6 is 38.6 Å². The Balaban J connectivity index is 1.83. The molecule has 0 saturated carbocycles. The summed E-state index contributed by atoms with van der Waals surface area (Å²) < 4.78 is 15.9. The largest absolute Gasteiger partial charge is 0.337 e. The van der Waals surface area contributed by atoms with Crippen LogP contribution in [0.1, 0.15) is 0 Å². The van der Waals surface area contributed by atoms with E-state index in [1.807, 2.05) is 6.07 Å². The van der Waals surface area contributed by atoms with E-state index in [0.717, 1.165) is 24.2 Å². The second-order valence-corrected chi connectivity index (χ2v) is 7.56. The first-order chi connectivity index (χ1) is 10.2. The monoisotopic (exact) mass is 380 g/mol. The molecule has 0 unspecified atom stereocenters. The van der Waals surface area contributed by atoms with Crippen LogP contribution in [0, 0.1) is 5.82 Å². The number of halogens is 2. The van der Waals surface area contributed by atoms with Crippen molar-refractivity contribution in [1.82, 2.24) is 15.0 Å². The van der Waals surface area contributed by atoms with Crippen molar-refractivity contribution in [2.24, 2.45) is 0 Å². The van der Waals surface area contributed by atoms with Gasteiger partial charge in [-0.1, -0.05) is 0 Å². The Morgan fingerprint density at radius 1 is 1.14 bits per heavy atom. The number of nitrogens with one attached hydrogen (secondary N) is 1. The lowest BCUT2D eigenvalue weighted by atomic mass is 10.2. The third kappa shape index (κ3) is 2.29. The summed E-state index contributed by atoms with van der Waals surface area (Å²) in [4.78, 5) is 13.4. The maximum Gasteiger partial charge on any atom is 0.148 e. The van der Waals surface area contributed by atoms with Crippen LogP contribution in [-0.4, -0.2) is 15.0 Å². The van der Waals surface area contributed by atoms with Crippen molar-refractivity contribution >= 4 is 70.5 Å². The average Bonchev–Trinajstić information content (AvgIpc) is 3.04. The molecule has 0 atom stereocenters.